The molecule has 106 valence electrons. The van der Waals surface area contributed by atoms with E-state index < -0.39 is 0 Å². The monoisotopic (exact) mass is 349 g/mol. The first-order valence-corrected chi connectivity index (χ1v) is 8.67. The molecular formula is C14H13Cl2FeN3. The van der Waals surface area contributed by atoms with Gasteiger partial charge in [0, 0.05) is 13.3 Å². The van der Waals surface area contributed by atoms with E-state index in [-0.39, 0.29) is 13.1 Å². The Morgan fingerprint density at radius 2 is 1.55 bits per heavy atom. The fourth-order valence-electron chi connectivity index (χ4n) is 1.40. The molecule has 0 unspecified atom stereocenters. The number of benzene rings is 1. The number of halogens is 2. The summed E-state index contributed by atoms with van der Waals surface area (Å²) < 4.78 is 0. The van der Waals surface area contributed by atoms with Gasteiger partial charge in [0.25, 0.3) is 0 Å². The number of hydrogen-bond acceptors (Lipinski definition) is 3. The van der Waals surface area contributed by atoms with Crippen LogP contribution in [0.15, 0.2) is 58.5 Å². The van der Waals surface area contributed by atoms with E-state index in [1.54, 1.807) is 19.5 Å². The van der Waals surface area contributed by atoms with Crippen molar-refractivity contribution in [2.45, 2.75) is 0 Å². The van der Waals surface area contributed by atoms with Crippen LogP contribution >= 0.6 is 20.2 Å². The van der Waals surface area contributed by atoms with E-state index in [1.807, 2.05) is 48.5 Å². The van der Waals surface area contributed by atoms with Crippen molar-refractivity contribution >= 4 is 38.3 Å². The zero-order chi connectivity index (χ0) is 14.6. The first-order valence-electron chi connectivity index (χ1n) is 5.63. The maximum absolute atomic E-state index is 4.76. The molecule has 0 aliphatic rings. The van der Waals surface area contributed by atoms with Crippen LogP contribution in [0, 0.1) is 0 Å². The first-order chi connectivity index (χ1) is 9.80. The summed E-state index contributed by atoms with van der Waals surface area (Å²) in [5.74, 6) is 0. The van der Waals surface area contributed by atoms with E-state index in [2.05, 4.69) is 15.0 Å². The van der Waals surface area contributed by atoms with E-state index in [0.717, 1.165) is 17.1 Å². The van der Waals surface area contributed by atoms with Crippen molar-refractivity contribution in [2.24, 2.45) is 9.98 Å². The first kappa shape index (κ1) is 16.9. The number of aliphatic imine (C=N–C) groups is 2. The van der Waals surface area contributed by atoms with Crippen molar-refractivity contribution in [2.75, 3.05) is 7.05 Å². The molecule has 3 nitrogen and oxygen atoms in total. The van der Waals surface area contributed by atoms with Crippen LogP contribution in [0.3, 0.4) is 0 Å². The van der Waals surface area contributed by atoms with Crippen molar-refractivity contribution in [3.05, 3.63) is 59.9 Å². The van der Waals surface area contributed by atoms with Crippen LogP contribution in [0.1, 0.15) is 11.4 Å². The predicted octanol–water partition coefficient (Wildman–Crippen LogP) is 4.26. The quantitative estimate of drug-likeness (QED) is 0.602. The van der Waals surface area contributed by atoms with Crippen LogP contribution in [-0.4, -0.2) is 24.5 Å². The molecule has 0 aliphatic heterocycles. The van der Waals surface area contributed by atoms with Gasteiger partial charge in [-0.3, -0.25) is 9.98 Å². The Bertz CT molecular complexity index is 559. The van der Waals surface area contributed by atoms with Crippen LogP contribution in [-0.2, 0) is 13.1 Å². The normalized spacial score (nSPS) is 10.8. The number of rotatable bonds is 3. The number of hydrogen-bond donors (Lipinski definition) is 0. The van der Waals surface area contributed by atoms with E-state index in [1.165, 1.54) is 0 Å². The fourth-order valence-corrected chi connectivity index (χ4v) is 1.40. The minimum atomic E-state index is 0.194. The third-order valence-corrected chi connectivity index (χ3v) is 2.16. The topological polar surface area (TPSA) is 37.6 Å². The summed E-state index contributed by atoms with van der Waals surface area (Å²) in [7, 11) is 11.3. The molecule has 1 heterocycles. The standard InChI is InChI=1S/C14H13N3.2ClH.Fe/c1-15-10-13-8-5-9-14(17-13)11-16-12-6-3-2-4-7-12;;;/h2-11H,1H3;2*1H;/q;;;+2/p-2. The van der Waals surface area contributed by atoms with Gasteiger partial charge in [-0.05, 0) is 24.3 Å². The zero-order valence-electron chi connectivity index (χ0n) is 10.7. The van der Waals surface area contributed by atoms with Crippen molar-refractivity contribution in [1.29, 1.82) is 0 Å². The molecule has 0 atom stereocenters. The summed E-state index contributed by atoms with van der Waals surface area (Å²) in [6, 6.07) is 15.6. The molecule has 0 aliphatic carbocycles. The molecule has 2 aromatic rings. The van der Waals surface area contributed by atoms with Crippen molar-refractivity contribution in [3.8, 4) is 0 Å². The Hall–Kier alpha value is -1.19. The molecule has 0 saturated heterocycles. The number of nitrogens with zero attached hydrogens (tertiary/aromatic N) is 3. The molecule has 0 amide bonds. The average molecular weight is 350 g/mol. The minimum absolute atomic E-state index is 0.194. The summed E-state index contributed by atoms with van der Waals surface area (Å²) in [4.78, 5) is 12.7. The Morgan fingerprint density at radius 3 is 2.15 bits per heavy atom. The molecule has 1 aromatic carbocycles. The van der Waals surface area contributed by atoms with E-state index in [9.17, 15) is 0 Å². The summed E-state index contributed by atoms with van der Waals surface area (Å²) in [5, 5.41) is 0. The van der Waals surface area contributed by atoms with Crippen LogP contribution in [0.5, 0.6) is 0 Å². The van der Waals surface area contributed by atoms with Crippen molar-refractivity contribution in [3.63, 3.8) is 0 Å². The van der Waals surface area contributed by atoms with Gasteiger partial charge >= 0.3 is 33.3 Å². The van der Waals surface area contributed by atoms with Gasteiger partial charge in [0.15, 0.2) is 0 Å². The van der Waals surface area contributed by atoms with Gasteiger partial charge in [-0.2, -0.15) is 0 Å². The zero-order valence-corrected chi connectivity index (χ0v) is 13.3. The average Bonchev–Trinajstić information content (AvgIpc) is 2.48. The molecule has 20 heavy (non-hydrogen) atoms. The SMILES string of the molecule is CN=Cc1cccc(C=Nc2ccccc2)n1.[Cl][Fe][Cl]. The molecule has 0 saturated carbocycles. The Kier molecular flexibility index (Phi) is 8.92. The predicted molar refractivity (Wildman–Crippen MR) is 83.2 cm³/mol. The summed E-state index contributed by atoms with van der Waals surface area (Å²) in [6.45, 7) is 0. The molecule has 0 N–H and O–H groups in total. The number of aromatic nitrogens is 1. The van der Waals surface area contributed by atoms with E-state index in [4.69, 9.17) is 20.2 Å². The van der Waals surface area contributed by atoms with Gasteiger partial charge in [-0.1, -0.05) is 24.3 Å². The van der Waals surface area contributed by atoms with Crippen molar-refractivity contribution in [1.82, 2.24) is 4.98 Å². The Morgan fingerprint density at radius 1 is 0.950 bits per heavy atom. The second-order valence-corrected chi connectivity index (χ2v) is 5.34. The second-order valence-electron chi connectivity index (χ2n) is 3.52. The van der Waals surface area contributed by atoms with Crippen LogP contribution in [0.4, 0.5) is 5.69 Å². The number of para-hydroxylation sites is 1. The fraction of sp³-hybridized carbons (Fsp3) is 0.0714. The molecule has 2 rings (SSSR count). The molecule has 0 radical (unpaired) electrons. The van der Waals surface area contributed by atoms with Gasteiger partial charge < -0.3 is 0 Å². The Labute approximate surface area is 133 Å². The van der Waals surface area contributed by atoms with E-state index >= 15 is 0 Å². The van der Waals surface area contributed by atoms with Gasteiger partial charge in [-0.15, -0.1) is 0 Å². The molecule has 6 heteroatoms. The maximum atomic E-state index is 4.76. The molecule has 0 spiro atoms. The Balaban J connectivity index is 0.000000612. The van der Waals surface area contributed by atoms with Gasteiger partial charge in [0.2, 0.25) is 0 Å². The molecule has 0 fully saturated rings. The summed E-state index contributed by atoms with van der Waals surface area (Å²) in [5.41, 5.74) is 2.58. The molecular weight excluding hydrogens is 337 g/mol. The van der Waals surface area contributed by atoms with Gasteiger partial charge in [-0.25, -0.2) is 4.98 Å². The van der Waals surface area contributed by atoms with Crippen LogP contribution in [0.2, 0.25) is 0 Å². The summed E-state index contributed by atoms with van der Waals surface area (Å²) in [6.07, 6.45) is 3.47. The van der Waals surface area contributed by atoms with E-state index in [0.29, 0.717) is 0 Å². The third-order valence-electron chi connectivity index (χ3n) is 2.16. The molecule has 1 aromatic heterocycles. The van der Waals surface area contributed by atoms with Gasteiger partial charge in [0.05, 0.1) is 23.3 Å². The van der Waals surface area contributed by atoms with Gasteiger partial charge in [0.1, 0.15) is 0 Å². The van der Waals surface area contributed by atoms with Crippen LogP contribution < -0.4 is 0 Å². The number of pyridine rings is 1. The summed E-state index contributed by atoms with van der Waals surface area (Å²) >= 11 is 0.194. The third kappa shape index (κ3) is 6.83. The second kappa shape index (κ2) is 10.6. The van der Waals surface area contributed by atoms with Crippen LogP contribution in [0.25, 0.3) is 0 Å². The van der Waals surface area contributed by atoms with Crippen molar-refractivity contribution < 1.29 is 13.1 Å². The molecule has 0 bridgehead atoms.